The number of carbonyl (C=O) groups is 3. The topological polar surface area (TPSA) is 109 Å². The Balaban J connectivity index is 1.44. The van der Waals surface area contributed by atoms with Gasteiger partial charge < -0.3 is 19.7 Å². The van der Waals surface area contributed by atoms with Gasteiger partial charge in [0, 0.05) is 13.1 Å². The lowest BCUT2D eigenvalue weighted by Crippen LogP contribution is -2.39. The van der Waals surface area contributed by atoms with Gasteiger partial charge in [-0.1, -0.05) is 12.1 Å². The van der Waals surface area contributed by atoms with E-state index in [0.717, 1.165) is 12.8 Å². The van der Waals surface area contributed by atoms with Crippen LogP contribution in [0.4, 0.5) is 5.69 Å². The minimum absolute atomic E-state index is 0.167. The summed E-state index contributed by atoms with van der Waals surface area (Å²) in [5.74, 6) is -0.571. The van der Waals surface area contributed by atoms with E-state index < -0.39 is 11.8 Å². The third-order valence-electron chi connectivity index (χ3n) is 4.60. The SMILES string of the molecule is COc1ccccc1NC(=O)COc1ccc(/C=N\NC(=O)C(=O)N2CCCC2)cc1. The average molecular weight is 424 g/mol. The van der Waals surface area contributed by atoms with Gasteiger partial charge in [0.1, 0.15) is 11.5 Å². The van der Waals surface area contributed by atoms with Crippen molar-refractivity contribution in [3.8, 4) is 11.5 Å². The number of benzene rings is 2. The van der Waals surface area contributed by atoms with E-state index in [9.17, 15) is 14.4 Å². The molecule has 9 nitrogen and oxygen atoms in total. The lowest BCUT2D eigenvalue weighted by atomic mass is 10.2. The molecule has 1 fully saturated rings. The maximum absolute atomic E-state index is 12.1. The minimum atomic E-state index is -0.751. The summed E-state index contributed by atoms with van der Waals surface area (Å²) in [5.41, 5.74) is 3.50. The molecule has 3 rings (SSSR count). The van der Waals surface area contributed by atoms with E-state index in [2.05, 4.69) is 15.8 Å². The average Bonchev–Trinajstić information content (AvgIpc) is 3.33. The zero-order chi connectivity index (χ0) is 22.1. The molecule has 0 saturated carbocycles. The first-order valence-corrected chi connectivity index (χ1v) is 9.85. The molecule has 1 heterocycles. The number of hydrazone groups is 1. The van der Waals surface area contributed by atoms with Gasteiger partial charge in [-0.05, 0) is 54.8 Å². The Bertz CT molecular complexity index is 953. The number of anilines is 1. The number of rotatable bonds is 7. The molecule has 0 radical (unpaired) electrons. The summed E-state index contributed by atoms with van der Waals surface area (Å²) in [5, 5.41) is 6.54. The van der Waals surface area contributed by atoms with E-state index in [1.165, 1.54) is 18.2 Å². The molecule has 1 aliphatic rings. The van der Waals surface area contributed by atoms with Gasteiger partial charge in [-0.15, -0.1) is 0 Å². The first-order valence-electron chi connectivity index (χ1n) is 9.85. The molecule has 2 aromatic rings. The van der Waals surface area contributed by atoms with E-state index in [1.807, 2.05) is 6.07 Å². The van der Waals surface area contributed by atoms with Gasteiger partial charge in [0.15, 0.2) is 6.61 Å². The van der Waals surface area contributed by atoms with E-state index in [0.29, 0.717) is 35.8 Å². The minimum Gasteiger partial charge on any atom is -0.495 e. The second kappa shape index (κ2) is 10.8. The summed E-state index contributed by atoms with van der Waals surface area (Å²) in [6, 6.07) is 13.9. The fourth-order valence-electron chi connectivity index (χ4n) is 3.01. The second-order valence-electron chi connectivity index (χ2n) is 6.80. The molecule has 1 aliphatic heterocycles. The molecule has 0 aliphatic carbocycles. The van der Waals surface area contributed by atoms with E-state index >= 15 is 0 Å². The molecular formula is C22H24N4O5. The van der Waals surface area contributed by atoms with Crippen LogP contribution >= 0.6 is 0 Å². The number of hydrogen-bond donors (Lipinski definition) is 2. The number of amides is 3. The molecule has 0 spiro atoms. The summed E-state index contributed by atoms with van der Waals surface area (Å²) >= 11 is 0. The molecule has 0 unspecified atom stereocenters. The zero-order valence-electron chi connectivity index (χ0n) is 17.2. The van der Waals surface area contributed by atoms with Crippen LogP contribution in [0.1, 0.15) is 18.4 Å². The fourth-order valence-corrected chi connectivity index (χ4v) is 3.01. The lowest BCUT2D eigenvalue weighted by molar-refractivity contribution is -0.145. The molecule has 2 N–H and O–H groups in total. The van der Waals surface area contributed by atoms with E-state index in [4.69, 9.17) is 9.47 Å². The number of para-hydroxylation sites is 2. The number of hydrogen-bond acceptors (Lipinski definition) is 6. The van der Waals surface area contributed by atoms with Gasteiger partial charge in [0.2, 0.25) is 0 Å². The summed E-state index contributed by atoms with van der Waals surface area (Å²) in [7, 11) is 1.53. The predicted octanol–water partition coefficient (Wildman–Crippen LogP) is 1.79. The maximum atomic E-state index is 12.1. The Morgan fingerprint density at radius 2 is 1.77 bits per heavy atom. The van der Waals surface area contributed by atoms with Crippen molar-refractivity contribution in [2.75, 3.05) is 32.1 Å². The highest BCUT2D eigenvalue weighted by atomic mass is 16.5. The number of likely N-dealkylation sites (tertiary alicyclic amines) is 1. The molecule has 3 amide bonds. The molecule has 0 aromatic heterocycles. The summed E-state index contributed by atoms with van der Waals surface area (Å²) in [6.07, 6.45) is 3.25. The van der Waals surface area contributed by atoms with Crippen LogP contribution in [0.5, 0.6) is 11.5 Å². The first kappa shape index (κ1) is 21.8. The monoisotopic (exact) mass is 424 g/mol. The van der Waals surface area contributed by atoms with Gasteiger partial charge in [-0.3, -0.25) is 14.4 Å². The molecule has 0 bridgehead atoms. The van der Waals surface area contributed by atoms with Crippen LogP contribution in [0.15, 0.2) is 53.6 Å². The smallest absolute Gasteiger partial charge is 0.329 e. The molecule has 9 heteroatoms. The van der Waals surface area contributed by atoms with Crippen molar-refractivity contribution in [3.63, 3.8) is 0 Å². The molecule has 0 atom stereocenters. The van der Waals surface area contributed by atoms with Crippen LogP contribution in [-0.4, -0.2) is 55.6 Å². The number of nitrogens with zero attached hydrogens (tertiary/aromatic N) is 2. The van der Waals surface area contributed by atoms with Crippen molar-refractivity contribution in [2.45, 2.75) is 12.8 Å². The van der Waals surface area contributed by atoms with Gasteiger partial charge in [0.05, 0.1) is 19.0 Å². The molecule has 31 heavy (non-hydrogen) atoms. The third-order valence-corrected chi connectivity index (χ3v) is 4.60. The molecule has 2 aromatic carbocycles. The van der Waals surface area contributed by atoms with Gasteiger partial charge in [0.25, 0.3) is 5.91 Å². The first-order chi connectivity index (χ1) is 15.1. The van der Waals surface area contributed by atoms with Crippen LogP contribution in [0.25, 0.3) is 0 Å². The van der Waals surface area contributed by atoms with Crippen molar-refractivity contribution < 1.29 is 23.9 Å². The summed E-state index contributed by atoms with van der Waals surface area (Å²) in [4.78, 5) is 37.3. The van der Waals surface area contributed by atoms with Crippen LogP contribution in [0.2, 0.25) is 0 Å². The summed E-state index contributed by atoms with van der Waals surface area (Å²) < 4.78 is 10.7. The second-order valence-corrected chi connectivity index (χ2v) is 6.80. The highest BCUT2D eigenvalue weighted by Crippen LogP contribution is 2.22. The van der Waals surface area contributed by atoms with Crippen molar-refractivity contribution in [1.29, 1.82) is 0 Å². The Hall–Kier alpha value is -3.88. The number of methoxy groups -OCH3 is 1. The largest absolute Gasteiger partial charge is 0.495 e. The molecule has 1 saturated heterocycles. The van der Waals surface area contributed by atoms with Crippen LogP contribution in [-0.2, 0) is 14.4 Å². The van der Waals surface area contributed by atoms with Crippen molar-refractivity contribution in [1.82, 2.24) is 10.3 Å². The Kier molecular flexibility index (Phi) is 7.58. The normalized spacial score (nSPS) is 13.1. The molecule has 162 valence electrons. The third kappa shape index (κ3) is 6.30. The van der Waals surface area contributed by atoms with Crippen molar-refractivity contribution in [2.24, 2.45) is 5.10 Å². The van der Waals surface area contributed by atoms with Gasteiger partial charge in [-0.2, -0.15) is 5.10 Å². The lowest BCUT2D eigenvalue weighted by Gasteiger charge is -2.12. The van der Waals surface area contributed by atoms with Gasteiger partial charge >= 0.3 is 11.8 Å². The number of carbonyl (C=O) groups excluding carboxylic acids is 3. The number of nitrogens with one attached hydrogen (secondary N) is 2. The van der Waals surface area contributed by atoms with Crippen molar-refractivity contribution >= 4 is 29.6 Å². The maximum Gasteiger partial charge on any atom is 0.329 e. The van der Waals surface area contributed by atoms with E-state index in [-0.39, 0.29) is 12.5 Å². The van der Waals surface area contributed by atoms with E-state index in [1.54, 1.807) is 42.5 Å². The quantitative estimate of drug-likeness (QED) is 0.400. The molecular weight excluding hydrogens is 400 g/mol. The Morgan fingerprint density at radius 1 is 1.06 bits per heavy atom. The van der Waals surface area contributed by atoms with Crippen LogP contribution < -0.4 is 20.2 Å². The fraction of sp³-hybridized carbons (Fsp3) is 0.273. The predicted molar refractivity (Wildman–Crippen MR) is 115 cm³/mol. The zero-order valence-corrected chi connectivity index (χ0v) is 17.2. The highest BCUT2D eigenvalue weighted by Gasteiger charge is 2.23. The van der Waals surface area contributed by atoms with Gasteiger partial charge in [-0.25, -0.2) is 5.43 Å². The summed E-state index contributed by atoms with van der Waals surface area (Å²) in [6.45, 7) is 1.04. The van der Waals surface area contributed by atoms with Crippen LogP contribution in [0.3, 0.4) is 0 Å². The number of ether oxygens (including phenoxy) is 2. The van der Waals surface area contributed by atoms with Crippen LogP contribution in [0, 0.1) is 0 Å². The highest BCUT2D eigenvalue weighted by molar-refractivity contribution is 6.35. The Morgan fingerprint density at radius 3 is 2.48 bits per heavy atom. The van der Waals surface area contributed by atoms with Crippen molar-refractivity contribution in [3.05, 3.63) is 54.1 Å². The Labute approximate surface area is 180 Å². The standard InChI is InChI=1S/C22H24N4O5/c1-30-19-7-3-2-6-18(19)24-20(27)15-31-17-10-8-16(9-11-17)14-23-25-21(28)22(29)26-12-4-5-13-26/h2-3,6-11,14H,4-5,12-13,15H2,1H3,(H,24,27)(H,25,28)/b23-14-.